The summed E-state index contributed by atoms with van der Waals surface area (Å²) in [6, 6.07) is 0. The fourth-order valence-corrected chi connectivity index (χ4v) is 2.17. The maximum absolute atomic E-state index is 12.5. The van der Waals surface area contributed by atoms with Gasteiger partial charge in [-0.25, -0.2) is 0 Å². The zero-order valence-corrected chi connectivity index (χ0v) is 12.2. The van der Waals surface area contributed by atoms with Crippen molar-refractivity contribution in [2.75, 3.05) is 13.2 Å². The summed E-state index contributed by atoms with van der Waals surface area (Å²) in [5, 5.41) is 0. The summed E-state index contributed by atoms with van der Waals surface area (Å²) in [7, 11) is 0. The molecule has 0 heterocycles. The largest absolute Gasteiger partial charge is 0.465 e. The third-order valence-corrected chi connectivity index (χ3v) is 3.31. The Kier molecular flexibility index (Phi) is 7.83. The summed E-state index contributed by atoms with van der Waals surface area (Å²) in [4.78, 5) is 24.3. The van der Waals surface area contributed by atoms with Crippen molar-refractivity contribution in [2.45, 2.75) is 59.5 Å². The van der Waals surface area contributed by atoms with Crippen LogP contribution in [0, 0.1) is 5.92 Å². The number of hydrogen-bond acceptors (Lipinski definition) is 4. The molecule has 0 aliphatic heterocycles. The second-order valence-electron chi connectivity index (χ2n) is 4.21. The van der Waals surface area contributed by atoms with Gasteiger partial charge in [0.2, 0.25) is 0 Å². The molecular formula is C14H26O4. The lowest BCUT2D eigenvalue weighted by Gasteiger charge is -2.32. The molecule has 18 heavy (non-hydrogen) atoms. The normalized spacial score (nSPS) is 13.2. The van der Waals surface area contributed by atoms with Crippen molar-refractivity contribution in [3.05, 3.63) is 0 Å². The fraction of sp³-hybridized carbons (Fsp3) is 0.857. The zero-order valence-electron chi connectivity index (χ0n) is 12.2. The number of carbonyl (C=O) groups excluding carboxylic acids is 2. The van der Waals surface area contributed by atoms with Crippen LogP contribution in [-0.4, -0.2) is 30.6 Å². The van der Waals surface area contributed by atoms with E-state index >= 15 is 0 Å². The van der Waals surface area contributed by atoms with Gasteiger partial charge in [0.25, 0.3) is 0 Å². The van der Waals surface area contributed by atoms with Crippen LogP contribution in [0.25, 0.3) is 0 Å². The Labute approximate surface area is 110 Å². The first-order chi connectivity index (χ1) is 8.52. The van der Waals surface area contributed by atoms with Gasteiger partial charge in [0, 0.05) is 6.61 Å². The molecule has 4 heteroatoms. The van der Waals surface area contributed by atoms with Gasteiger partial charge in [-0.1, -0.05) is 20.8 Å². The topological polar surface area (TPSA) is 52.6 Å². The van der Waals surface area contributed by atoms with Gasteiger partial charge in [0.1, 0.15) is 11.5 Å². The van der Waals surface area contributed by atoms with Crippen LogP contribution in [0.3, 0.4) is 0 Å². The molecule has 0 N–H and O–H groups in total. The Balaban J connectivity index is 5.08. The molecular weight excluding hydrogens is 232 g/mol. The second kappa shape index (κ2) is 8.25. The van der Waals surface area contributed by atoms with Crippen LogP contribution in [-0.2, 0) is 19.1 Å². The van der Waals surface area contributed by atoms with E-state index in [1.807, 2.05) is 27.7 Å². The molecule has 0 aromatic rings. The van der Waals surface area contributed by atoms with Crippen molar-refractivity contribution >= 4 is 11.8 Å². The van der Waals surface area contributed by atoms with Gasteiger partial charge >= 0.3 is 5.97 Å². The van der Waals surface area contributed by atoms with Crippen molar-refractivity contribution < 1.29 is 19.1 Å². The van der Waals surface area contributed by atoms with E-state index in [-0.39, 0.29) is 5.78 Å². The lowest BCUT2D eigenvalue weighted by molar-refractivity contribution is -0.162. The average molecular weight is 258 g/mol. The summed E-state index contributed by atoms with van der Waals surface area (Å²) in [6.45, 7) is 10.0. The number of rotatable bonds is 9. The molecule has 0 aromatic heterocycles. The molecule has 1 atom stereocenters. The quantitative estimate of drug-likeness (QED) is 0.471. The molecule has 0 saturated heterocycles. The molecule has 0 rings (SSSR count). The molecule has 4 nitrogen and oxygen atoms in total. The van der Waals surface area contributed by atoms with Crippen molar-refractivity contribution in [3.63, 3.8) is 0 Å². The van der Waals surface area contributed by atoms with Gasteiger partial charge in [0.05, 0.1) is 6.61 Å². The first-order valence-corrected chi connectivity index (χ1v) is 6.87. The third-order valence-electron chi connectivity index (χ3n) is 3.31. The van der Waals surface area contributed by atoms with Crippen molar-refractivity contribution in [1.82, 2.24) is 0 Å². The number of ketones is 1. The molecule has 0 aromatic carbocycles. The van der Waals surface area contributed by atoms with Crippen LogP contribution in [0.15, 0.2) is 0 Å². The fourth-order valence-electron chi connectivity index (χ4n) is 2.17. The first-order valence-electron chi connectivity index (χ1n) is 6.87. The monoisotopic (exact) mass is 258 g/mol. The van der Waals surface area contributed by atoms with Gasteiger partial charge in [-0.15, -0.1) is 0 Å². The third kappa shape index (κ3) is 3.80. The molecule has 0 bridgehead atoms. The molecule has 0 amide bonds. The van der Waals surface area contributed by atoms with Crippen LogP contribution in [0.5, 0.6) is 0 Å². The Bertz CT molecular complexity index is 269. The minimum absolute atomic E-state index is 0.143. The van der Waals surface area contributed by atoms with Crippen molar-refractivity contribution in [2.24, 2.45) is 5.92 Å². The summed E-state index contributed by atoms with van der Waals surface area (Å²) < 4.78 is 10.6. The highest BCUT2D eigenvalue weighted by Crippen LogP contribution is 2.27. The van der Waals surface area contributed by atoms with E-state index in [1.54, 1.807) is 6.92 Å². The summed E-state index contributed by atoms with van der Waals surface area (Å²) in [6.07, 6.45) is 1.60. The van der Waals surface area contributed by atoms with E-state index in [0.29, 0.717) is 32.5 Å². The van der Waals surface area contributed by atoms with Crippen molar-refractivity contribution in [3.8, 4) is 0 Å². The lowest BCUT2D eigenvalue weighted by atomic mass is 9.83. The maximum Gasteiger partial charge on any atom is 0.316 e. The minimum atomic E-state index is -0.845. The van der Waals surface area contributed by atoms with Gasteiger partial charge in [-0.2, -0.15) is 0 Å². The van der Waals surface area contributed by atoms with Crippen LogP contribution < -0.4 is 0 Å². The second-order valence-corrected chi connectivity index (χ2v) is 4.21. The summed E-state index contributed by atoms with van der Waals surface area (Å²) in [5.74, 6) is -1.29. The van der Waals surface area contributed by atoms with Crippen LogP contribution >= 0.6 is 0 Å². The van der Waals surface area contributed by atoms with E-state index in [9.17, 15) is 9.59 Å². The molecule has 0 spiro atoms. The molecule has 1 unspecified atom stereocenters. The Morgan fingerprint density at radius 3 is 1.89 bits per heavy atom. The predicted octanol–water partition coefficient (Wildman–Crippen LogP) is 2.74. The number of Topliss-reactive ketones (excluding diaryl/α,β-unsaturated/α-hetero) is 1. The highest BCUT2D eigenvalue weighted by Gasteiger charge is 2.42. The highest BCUT2D eigenvalue weighted by molar-refractivity contribution is 6.03. The number of carbonyl (C=O) groups is 2. The zero-order chi connectivity index (χ0) is 14.2. The SMILES string of the molecule is CCOC(=O)C(CC)C(=O)C(CC)(CC)OCC. The Hall–Kier alpha value is -0.900. The molecule has 0 aliphatic rings. The number of ether oxygens (including phenoxy) is 2. The van der Waals surface area contributed by atoms with E-state index in [0.717, 1.165) is 0 Å². The maximum atomic E-state index is 12.5. The Morgan fingerprint density at radius 1 is 1.00 bits per heavy atom. The van der Waals surface area contributed by atoms with Gasteiger partial charge < -0.3 is 9.47 Å². The molecule has 106 valence electrons. The van der Waals surface area contributed by atoms with Crippen LogP contribution in [0.4, 0.5) is 0 Å². The standard InChI is InChI=1S/C14H26O4/c1-6-11(13(16)17-9-4)12(15)14(7-2,8-3)18-10-5/h11H,6-10H2,1-5H3. The van der Waals surface area contributed by atoms with Crippen LogP contribution in [0.1, 0.15) is 53.9 Å². The van der Waals surface area contributed by atoms with Gasteiger partial charge in [0.15, 0.2) is 5.78 Å². The van der Waals surface area contributed by atoms with E-state index in [2.05, 4.69) is 0 Å². The molecule has 0 aliphatic carbocycles. The highest BCUT2D eigenvalue weighted by atomic mass is 16.5. The number of esters is 1. The van der Waals surface area contributed by atoms with E-state index in [1.165, 1.54) is 0 Å². The van der Waals surface area contributed by atoms with Gasteiger partial charge in [-0.05, 0) is 33.1 Å². The van der Waals surface area contributed by atoms with Gasteiger partial charge in [-0.3, -0.25) is 9.59 Å². The van der Waals surface area contributed by atoms with E-state index < -0.39 is 17.5 Å². The first kappa shape index (κ1) is 17.1. The predicted molar refractivity (Wildman–Crippen MR) is 70.4 cm³/mol. The van der Waals surface area contributed by atoms with Crippen molar-refractivity contribution in [1.29, 1.82) is 0 Å². The molecule has 0 fully saturated rings. The Morgan fingerprint density at radius 2 is 1.56 bits per heavy atom. The molecule has 0 saturated carbocycles. The van der Waals surface area contributed by atoms with Crippen LogP contribution in [0.2, 0.25) is 0 Å². The summed E-state index contributed by atoms with van der Waals surface area (Å²) in [5.41, 5.74) is -0.845. The van der Waals surface area contributed by atoms with E-state index in [4.69, 9.17) is 9.47 Å². The molecule has 0 radical (unpaired) electrons. The summed E-state index contributed by atoms with van der Waals surface area (Å²) >= 11 is 0. The lowest BCUT2D eigenvalue weighted by Crippen LogP contribution is -2.46. The number of hydrogen-bond donors (Lipinski definition) is 0. The smallest absolute Gasteiger partial charge is 0.316 e. The minimum Gasteiger partial charge on any atom is -0.465 e. The average Bonchev–Trinajstić information content (AvgIpc) is 2.37.